The number of unbranched alkanes of at least 4 members (excludes halogenated alkanes) is 2. The van der Waals surface area contributed by atoms with Crippen LogP contribution >= 0.6 is 23.2 Å². The lowest BCUT2D eigenvalue weighted by atomic mass is 9.92. The number of imidazole rings is 2. The quantitative estimate of drug-likeness (QED) is 0.0673. The lowest BCUT2D eigenvalue weighted by Gasteiger charge is -2.22. The van der Waals surface area contributed by atoms with Gasteiger partial charge in [-0.05, 0) is 144 Å². The summed E-state index contributed by atoms with van der Waals surface area (Å²) in [5.74, 6) is 0.571. The van der Waals surface area contributed by atoms with Gasteiger partial charge in [-0.3, -0.25) is 9.97 Å². The normalized spacial score (nSPS) is 12.3. The molecule has 0 saturated carbocycles. The van der Waals surface area contributed by atoms with E-state index in [0.717, 1.165) is 86.1 Å². The largest absolute Gasteiger partial charge is 0.348 e. The van der Waals surface area contributed by atoms with Crippen molar-refractivity contribution in [2.75, 3.05) is 33.2 Å². The Morgan fingerprint density at radius 3 is 1.62 bits per heavy atom. The number of rotatable bonds is 20. The van der Waals surface area contributed by atoms with Crippen LogP contribution in [0.4, 0.5) is 0 Å². The minimum Gasteiger partial charge on any atom is -0.348 e. The molecule has 53 heavy (non-hydrogen) atoms. The summed E-state index contributed by atoms with van der Waals surface area (Å²) in [6.07, 6.45) is 19.9. The van der Waals surface area contributed by atoms with Gasteiger partial charge in [-0.2, -0.15) is 0 Å². The molecule has 4 aromatic heterocycles. The van der Waals surface area contributed by atoms with Crippen LogP contribution in [-0.2, 0) is 12.8 Å². The number of aromatic nitrogens is 6. The summed E-state index contributed by atoms with van der Waals surface area (Å²) in [5.41, 5.74) is 7.18. The number of H-pyrrole nitrogens is 2. The summed E-state index contributed by atoms with van der Waals surface area (Å²) in [7, 11) is 2.20. The highest BCUT2D eigenvalue weighted by Gasteiger charge is 2.17. The molecule has 6 aromatic rings. The van der Waals surface area contributed by atoms with Gasteiger partial charge in [0.25, 0.3) is 0 Å². The van der Waals surface area contributed by atoms with Gasteiger partial charge in [0.1, 0.15) is 0 Å². The molecule has 4 heterocycles. The van der Waals surface area contributed by atoms with E-state index in [2.05, 4.69) is 89.6 Å². The van der Waals surface area contributed by atoms with E-state index < -0.39 is 0 Å². The van der Waals surface area contributed by atoms with Crippen LogP contribution in [0.5, 0.6) is 0 Å². The first kappa shape index (κ1) is 39.9. The Morgan fingerprint density at radius 1 is 0.604 bits per heavy atom. The molecule has 3 N–H and O–H groups in total. The summed E-state index contributed by atoms with van der Waals surface area (Å²) >= 11 is 12.1. The van der Waals surface area contributed by atoms with Crippen molar-refractivity contribution >= 4 is 23.2 Å². The lowest BCUT2D eigenvalue weighted by Crippen LogP contribution is -2.23. The number of nitrogens with zero attached hydrogens (tertiary/aromatic N) is 5. The lowest BCUT2D eigenvalue weighted by molar-refractivity contribution is 0.315. The van der Waals surface area contributed by atoms with Crippen molar-refractivity contribution in [2.24, 2.45) is 0 Å². The van der Waals surface area contributed by atoms with E-state index in [1.807, 2.05) is 67.3 Å². The number of pyridine rings is 2. The molecule has 0 saturated heterocycles. The number of aromatic amines is 2. The molecule has 0 radical (unpaired) electrons. The molecule has 6 rings (SSSR count). The third-order valence-electron chi connectivity index (χ3n) is 9.44. The molecule has 0 fully saturated rings. The number of aryl methyl sites for hydroxylation is 2. The van der Waals surface area contributed by atoms with Crippen molar-refractivity contribution in [3.63, 3.8) is 0 Å². The molecule has 2 aromatic carbocycles. The third-order valence-corrected chi connectivity index (χ3v) is 9.94. The molecule has 0 bridgehead atoms. The first-order chi connectivity index (χ1) is 26.0. The Bertz CT molecular complexity index is 1780. The average Bonchev–Trinajstić information content (AvgIpc) is 3.92. The average molecular weight is 752 g/mol. The van der Waals surface area contributed by atoms with Crippen LogP contribution in [-0.4, -0.2) is 68.0 Å². The first-order valence-electron chi connectivity index (χ1n) is 18.7. The maximum Gasteiger partial charge on any atom is 0.0921 e. The van der Waals surface area contributed by atoms with E-state index in [1.165, 1.54) is 35.4 Å². The maximum atomic E-state index is 6.07. The summed E-state index contributed by atoms with van der Waals surface area (Å²) in [6.45, 7) is 4.13. The van der Waals surface area contributed by atoms with Crippen LogP contribution in [0.3, 0.4) is 0 Å². The van der Waals surface area contributed by atoms with Crippen molar-refractivity contribution < 1.29 is 0 Å². The zero-order chi connectivity index (χ0) is 36.9. The predicted molar refractivity (Wildman–Crippen MR) is 218 cm³/mol. The van der Waals surface area contributed by atoms with Crippen LogP contribution in [0.1, 0.15) is 84.3 Å². The molecule has 0 aliphatic carbocycles. The number of nitrogens with one attached hydrogen (secondary N) is 3. The summed E-state index contributed by atoms with van der Waals surface area (Å²) in [4.78, 5) is 26.0. The van der Waals surface area contributed by atoms with Gasteiger partial charge in [0.2, 0.25) is 0 Å². The molecule has 0 spiro atoms. The fraction of sp³-hybridized carbons (Fsp3) is 0.349. The maximum absolute atomic E-state index is 6.07. The minimum absolute atomic E-state index is 0.283. The molecule has 0 aliphatic rings. The standard InChI is InChI=1S/C22H27ClN4.C21H25ClN4/c1-27(14-5-3-6-20-16-24-17-26-20)15-12-21(22-7-2-4-13-25-22)18-8-10-19(23)11-9-18;22-18-9-7-17(8-10-18)20(21-6-2-4-13-25-21)11-14-23-12-3-1-5-19-15-24-16-26-19/h2,4,7-11,13,16-17,21H,3,5-6,12,14-15H2,1H3,(H,24,26);2,4,6-10,13,15-16,20,23H,1,3,5,11-12,14H2,(H,24,26). The highest BCUT2D eigenvalue weighted by Crippen LogP contribution is 2.29. The second kappa shape index (κ2) is 22.7. The van der Waals surface area contributed by atoms with Crippen LogP contribution < -0.4 is 5.32 Å². The Labute approximate surface area is 324 Å². The molecule has 0 amide bonds. The molecule has 0 aliphatic heterocycles. The van der Waals surface area contributed by atoms with Gasteiger partial charge in [0.15, 0.2) is 0 Å². The topological polar surface area (TPSA) is 98.4 Å². The second-order valence-electron chi connectivity index (χ2n) is 13.4. The van der Waals surface area contributed by atoms with Crippen molar-refractivity contribution in [3.05, 3.63) is 166 Å². The number of hydrogen-bond acceptors (Lipinski definition) is 6. The Kier molecular flexibility index (Phi) is 17.0. The van der Waals surface area contributed by atoms with Crippen molar-refractivity contribution in [2.45, 2.75) is 63.2 Å². The van der Waals surface area contributed by atoms with Gasteiger partial charge < -0.3 is 20.2 Å². The van der Waals surface area contributed by atoms with Gasteiger partial charge in [-0.15, -0.1) is 0 Å². The highest BCUT2D eigenvalue weighted by atomic mass is 35.5. The van der Waals surface area contributed by atoms with E-state index in [9.17, 15) is 0 Å². The minimum atomic E-state index is 0.283. The fourth-order valence-corrected chi connectivity index (χ4v) is 6.72. The predicted octanol–water partition coefficient (Wildman–Crippen LogP) is 9.53. The summed E-state index contributed by atoms with van der Waals surface area (Å²) in [5, 5.41) is 5.11. The van der Waals surface area contributed by atoms with Crippen molar-refractivity contribution in [1.29, 1.82) is 0 Å². The van der Waals surface area contributed by atoms with Gasteiger partial charge in [0.05, 0.1) is 12.7 Å². The van der Waals surface area contributed by atoms with Crippen molar-refractivity contribution in [3.8, 4) is 0 Å². The zero-order valence-corrected chi connectivity index (χ0v) is 32.2. The van der Waals surface area contributed by atoms with E-state index in [1.54, 1.807) is 12.7 Å². The van der Waals surface area contributed by atoms with E-state index in [4.69, 9.17) is 23.2 Å². The monoisotopic (exact) mass is 750 g/mol. The van der Waals surface area contributed by atoms with Crippen LogP contribution in [0.25, 0.3) is 0 Å². The Hall–Kier alpha value is -4.34. The van der Waals surface area contributed by atoms with E-state index in [0.29, 0.717) is 0 Å². The summed E-state index contributed by atoms with van der Waals surface area (Å²) in [6, 6.07) is 28.5. The van der Waals surface area contributed by atoms with Gasteiger partial charge in [-0.25, -0.2) is 9.97 Å². The Morgan fingerprint density at radius 2 is 1.13 bits per heavy atom. The molecule has 278 valence electrons. The van der Waals surface area contributed by atoms with E-state index >= 15 is 0 Å². The van der Waals surface area contributed by atoms with Crippen LogP contribution in [0.15, 0.2) is 122 Å². The smallest absolute Gasteiger partial charge is 0.0921 e. The van der Waals surface area contributed by atoms with Crippen molar-refractivity contribution in [1.82, 2.24) is 40.1 Å². The summed E-state index contributed by atoms with van der Waals surface area (Å²) < 4.78 is 0. The molecule has 2 unspecified atom stereocenters. The third kappa shape index (κ3) is 14.2. The Balaban J connectivity index is 0.000000204. The molecule has 10 heteroatoms. The van der Waals surface area contributed by atoms with Gasteiger partial charge in [0, 0.05) is 69.4 Å². The van der Waals surface area contributed by atoms with Gasteiger partial charge >= 0.3 is 0 Å². The van der Waals surface area contributed by atoms with Crippen LogP contribution in [0, 0.1) is 0 Å². The zero-order valence-electron chi connectivity index (χ0n) is 30.7. The molecule has 8 nitrogen and oxygen atoms in total. The second-order valence-corrected chi connectivity index (χ2v) is 14.3. The van der Waals surface area contributed by atoms with E-state index in [-0.39, 0.29) is 11.8 Å². The molecular weight excluding hydrogens is 699 g/mol. The first-order valence-corrected chi connectivity index (χ1v) is 19.5. The highest BCUT2D eigenvalue weighted by molar-refractivity contribution is 6.30. The SMILES string of the molecule is CN(CCCCc1cnc[nH]1)CCC(c1ccc(Cl)cc1)c1ccccn1.Clc1ccc(C(CCNCCCCc2cnc[nH]2)c2ccccn2)cc1. The number of hydrogen-bond donors (Lipinski definition) is 3. The van der Waals surface area contributed by atoms with Crippen LogP contribution in [0.2, 0.25) is 10.0 Å². The molecular formula is C43H52Cl2N8. The number of benzene rings is 2. The fourth-order valence-electron chi connectivity index (χ4n) is 6.46. The molecule has 2 atom stereocenters. The number of halogens is 2. The van der Waals surface area contributed by atoms with Gasteiger partial charge in [-0.1, -0.05) is 59.6 Å².